The Morgan fingerprint density at radius 1 is 1.05 bits per heavy atom. The van der Waals surface area contributed by atoms with E-state index in [1.54, 1.807) is 38.1 Å². The Labute approximate surface area is 213 Å². The summed E-state index contributed by atoms with van der Waals surface area (Å²) in [5.74, 6) is -3.84. The van der Waals surface area contributed by atoms with Crippen molar-refractivity contribution < 1.29 is 37.8 Å². The number of esters is 1. The van der Waals surface area contributed by atoms with Crippen LogP contribution in [0.25, 0.3) is 0 Å². The molecular formula is C23H29N5O8S. The van der Waals surface area contributed by atoms with Gasteiger partial charge in [-0.15, -0.1) is 0 Å². The number of nitrogens with one attached hydrogen (secondary N) is 3. The highest BCUT2D eigenvalue weighted by Crippen LogP contribution is 2.18. The number of carboxylic acid groups (broad SMARTS) is 2. The summed E-state index contributed by atoms with van der Waals surface area (Å²) in [4.78, 5) is 34.7. The standard InChI is InChI=1S/C23H29N5O8S/c1-14(2)12-28(37(34,35)27-19(21(31)32)11-20(29)30)13-15-3-9-18(10-4-15)36-22(33)16-5-7-17(8-6-16)26-23(24)25/h3-10,14,19,27H,11-13H2,1-2H3,(H,29,30)(H,31,32)(H4,24,25,26)/t19-/m0/s1. The fraction of sp³-hybridized carbons (Fsp3) is 0.304. The van der Waals surface area contributed by atoms with Gasteiger partial charge in [-0.2, -0.15) is 17.4 Å². The van der Waals surface area contributed by atoms with Crippen molar-refractivity contribution in [3.63, 3.8) is 0 Å². The Morgan fingerprint density at radius 2 is 1.65 bits per heavy atom. The molecule has 0 amide bonds. The quantitative estimate of drug-likeness (QED) is 0.0939. The molecule has 37 heavy (non-hydrogen) atoms. The first kappa shape index (κ1) is 29.2. The topological polar surface area (TPSA) is 212 Å². The number of hydrogen-bond donors (Lipinski definition) is 6. The lowest BCUT2D eigenvalue weighted by molar-refractivity contribution is -0.145. The molecule has 0 bridgehead atoms. The molecule has 0 heterocycles. The molecule has 0 aliphatic rings. The Kier molecular flexibility index (Phi) is 10.1. The summed E-state index contributed by atoms with van der Waals surface area (Å²) in [6.07, 6.45) is -0.917. The van der Waals surface area contributed by atoms with Gasteiger partial charge in [-0.1, -0.05) is 26.0 Å². The molecule has 0 unspecified atom stereocenters. The molecule has 0 radical (unpaired) electrons. The lowest BCUT2D eigenvalue weighted by Gasteiger charge is -2.26. The van der Waals surface area contributed by atoms with Gasteiger partial charge in [0.15, 0.2) is 5.96 Å². The summed E-state index contributed by atoms with van der Waals surface area (Å²) in [5.41, 5.74) is 6.57. The van der Waals surface area contributed by atoms with Crippen LogP contribution in [0, 0.1) is 11.3 Å². The highest BCUT2D eigenvalue weighted by atomic mass is 32.2. The van der Waals surface area contributed by atoms with Crippen molar-refractivity contribution in [3.05, 3.63) is 59.7 Å². The van der Waals surface area contributed by atoms with Gasteiger partial charge < -0.3 is 26.0 Å². The molecule has 0 saturated carbocycles. The lowest BCUT2D eigenvalue weighted by atomic mass is 10.2. The third-order valence-electron chi connectivity index (χ3n) is 4.77. The Hall–Kier alpha value is -4.01. The van der Waals surface area contributed by atoms with Crippen molar-refractivity contribution in [1.82, 2.24) is 9.03 Å². The monoisotopic (exact) mass is 535 g/mol. The predicted octanol–water partition coefficient (Wildman–Crippen LogP) is 1.43. The maximum Gasteiger partial charge on any atom is 0.343 e. The van der Waals surface area contributed by atoms with E-state index in [9.17, 15) is 27.9 Å². The van der Waals surface area contributed by atoms with E-state index < -0.39 is 40.6 Å². The van der Waals surface area contributed by atoms with Gasteiger partial charge in [0.25, 0.3) is 10.2 Å². The lowest BCUT2D eigenvalue weighted by Crippen LogP contribution is -2.49. The molecule has 200 valence electrons. The molecule has 0 aromatic heterocycles. The molecule has 0 saturated heterocycles. The maximum absolute atomic E-state index is 12.9. The number of guanidine groups is 1. The molecule has 14 heteroatoms. The second kappa shape index (κ2) is 12.8. The van der Waals surface area contributed by atoms with Crippen LogP contribution >= 0.6 is 0 Å². The summed E-state index contributed by atoms with van der Waals surface area (Å²) < 4.78 is 34.1. The molecule has 1 atom stereocenters. The molecule has 13 nitrogen and oxygen atoms in total. The van der Waals surface area contributed by atoms with Gasteiger partial charge in [-0.05, 0) is 47.9 Å². The number of ether oxygens (including phenoxy) is 1. The van der Waals surface area contributed by atoms with Crippen LogP contribution in [-0.2, 0) is 26.3 Å². The first-order valence-corrected chi connectivity index (χ1v) is 12.4. The van der Waals surface area contributed by atoms with Crippen LogP contribution in [0.15, 0.2) is 48.5 Å². The first-order chi connectivity index (χ1) is 17.3. The molecular weight excluding hydrogens is 506 g/mol. The molecule has 0 aliphatic heterocycles. The SMILES string of the molecule is CC(C)CN(Cc1ccc(OC(=O)c2ccc(NC(=N)N)cc2)cc1)S(=O)(=O)N[C@@H](CC(=O)O)C(=O)O. The fourth-order valence-electron chi connectivity index (χ4n) is 3.14. The Bertz CT molecular complexity index is 1230. The molecule has 0 spiro atoms. The number of benzene rings is 2. The number of aliphatic carboxylic acids is 2. The first-order valence-electron chi connectivity index (χ1n) is 11.0. The smallest absolute Gasteiger partial charge is 0.343 e. The predicted molar refractivity (Wildman–Crippen MR) is 134 cm³/mol. The number of hydrogen-bond acceptors (Lipinski definition) is 7. The van der Waals surface area contributed by atoms with Crippen LogP contribution in [-0.4, -0.2) is 59.4 Å². The number of nitrogens with zero attached hydrogens (tertiary/aromatic N) is 1. The van der Waals surface area contributed by atoms with Crippen molar-refractivity contribution >= 4 is 39.8 Å². The van der Waals surface area contributed by atoms with Gasteiger partial charge >= 0.3 is 17.9 Å². The number of nitrogens with two attached hydrogens (primary N) is 1. The van der Waals surface area contributed by atoms with Crippen molar-refractivity contribution in [3.8, 4) is 5.75 Å². The third-order valence-corrected chi connectivity index (χ3v) is 6.31. The van der Waals surface area contributed by atoms with Crippen LogP contribution < -0.4 is 20.5 Å². The van der Waals surface area contributed by atoms with E-state index in [1.807, 2.05) is 4.72 Å². The number of rotatable bonds is 13. The summed E-state index contributed by atoms with van der Waals surface area (Å²) in [6.45, 7) is 3.46. The van der Waals surface area contributed by atoms with Crippen LogP contribution in [0.3, 0.4) is 0 Å². The van der Waals surface area contributed by atoms with Crippen LogP contribution in [0.1, 0.15) is 36.2 Å². The average Bonchev–Trinajstić information content (AvgIpc) is 2.78. The van der Waals surface area contributed by atoms with Crippen molar-refractivity contribution in [1.29, 1.82) is 5.41 Å². The van der Waals surface area contributed by atoms with Crippen LogP contribution in [0.4, 0.5) is 5.69 Å². The molecule has 7 N–H and O–H groups in total. The zero-order valence-corrected chi connectivity index (χ0v) is 21.0. The van der Waals surface area contributed by atoms with Gasteiger partial charge in [0.05, 0.1) is 12.0 Å². The number of carboxylic acids is 2. The third kappa shape index (κ3) is 9.51. The summed E-state index contributed by atoms with van der Waals surface area (Å²) >= 11 is 0. The molecule has 2 aromatic rings. The second-order valence-electron chi connectivity index (χ2n) is 8.45. The summed E-state index contributed by atoms with van der Waals surface area (Å²) in [7, 11) is -4.35. The highest BCUT2D eigenvalue weighted by molar-refractivity contribution is 7.87. The second-order valence-corrected chi connectivity index (χ2v) is 10.1. The van der Waals surface area contributed by atoms with E-state index in [4.69, 9.17) is 21.0 Å². The van der Waals surface area contributed by atoms with E-state index in [2.05, 4.69) is 5.32 Å². The van der Waals surface area contributed by atoms with Crippen molar-refractivity contribution in [2.75, 3.05) is 11.9 Å². The van der Waals surface area contributed by atoms with Crippen LogP contribution in [0.2, 0.25) is 0 Å². The largest absolute Gasteiger partial charge is 0.481 e. The van der Waals surface area contributed by atoms with Gasteiger partial charge in [0.2, 0.25) is 0 Å². The highest BCUT2D eigenvalue weighted by Gasteiger charge is 2.31. The van der Waals surface area contributed by atoms with Gasteiger partial charge in [-0.3, -0.25) is 15.0 Å². The summed E-state index contributed by atoms with van der Waals surface area (Å²) in [6, 6.07) is 10.4. The number of anilines is 1. The minimum atomic E-state index is -4.35. The number of carbonyl (C=O) groups is 3. The fourth-order valence-corrected chi connectivity index (χ4v) is 4.65. The molecule has 0 fully saturated rings. The van der Waals surface area contributed by atoms with E-state index in [0.29, 0.717) is 11.3 Å². The Morgan fingerprint density at radius 3 is 2.14 bits per heavy atom. The molecule has 2 rings (SSSR count). The average molecular weight is 536 g/mol. The van der Waals surface area contributed by atoms with E-state index in [1.165, 1.54) is 24.3 Å². The molecule has 0 aliphatic carbocycles. The normalized spacial score (nSPS) is 12.2. The van der Waals surface area contributed by atoms with Crippen LogP contribution in [0.5, 0.6) is 5.75 Å². The van der Waals surface area contributed by atoms with E-state index >= 15 is 0 Å². The zero-order chi connectivity index (χ0) is 27.8. The van der Waals surface area contributed by atoms with Gasteiger partial charge in [0.1, 0.15) is 11.8 Å². The Balaban J connectivity index is 2.12. The zero-order valence-electron chi connectivity index (χ0n) is 20.2. The minimum absolute atomic E-state index is 0.0416. The number of carbonyl (C=O) groups excluding carboxylic acids is 1. The van der Waals surface area contributed by atoms with E-state index in [0.717, 1.165) is 4.31 Å². The minimum Gasteiger partial charge on any atom is -0.481 e. The van der Waals surface area contributed by atoms with Gasteiger partial charge in [0, 0.05) is 18.8 Å². The summed E-state index contributed by atoms with van der Waals surface area (Å²) in [5, 5.41) is 27.9. The van der Waals surface area contributed by atoms with Crippen molar-refractivity contribution in [2.24, 2.45) is 11.7 Å². The van der Waals surface area contributed by atoms with E-state index in [-0.39, 0.29) is 36.3 Å². The molecule has 2 aromatic carbocycles. The van der Waals surface area contributed by atoms with Crippen molar-refractivity contribution in [2.45, 2.75) is 32.9 Å². The van der Waals surface area contributed by atoms with Gasteiger partial charge in [-0.25, -0.2) is 4.79 Å². The maximum atomic E-state index is 12.9.